The van der Waals surface area contributed by atoms with Crippen LogP contribution in [0.3, 0.4) is 0 Å². The van der Waals surface area contributed by atoms with Crippen molar-refractivity contribution in [1.82, 2.24) is 10.3 Å². The number of piperidine rings is 1. The molecule has 3 rings (SSSR count). The van der Waals surface area contributed by atoms with Gasteiger partial charge in [-0.2, -0.15) is 0 Å². The number of rotatable bonds is 6. The first-order valence-electron chi connectivity index (χ1n) is 9.40. The third-order valence-electron chi connectivity index (χ3n) is 4.53. The van der Waals surface area contributed by atoms with Gasteiger partial charge in [0, 0.05) is 36.9 Å². The molecule has 154 valence electrons. The van der Waals surface area contributed by atoms with Crippen molar-refractivity contribution in [3.8, 4) is 5.88 Å². The van der Waals surface area contributed by atoms with E-state index in [1.807, 2.05) is 25.3 Å². The lowest BCUT2D eigenvalue weighted by molar-refractivity contribution is -0.134. The molecule has 0 bridgehead atoms. The van der Waals surface area contributed by atoms with Crippen LogP contribution in [-0.4, -0.2) is 46.8 Å². The van der Waals surface area contributed by atoms with Crippen LogP contribution in [0.2, 0.25) is 0 Å². The van der Waals surface area contributed by atoms with Crippen LogP contribution < -0.4 is 10.1 Å². The molecule has 29 heavy (non-hydrogen) atoms. The number of pyridine rings is 1. The number of carboxylic acid groups (broad SMARTS) is 2. The number of hydrogen-bond donors (Lipinski definition) is 3. The fourth-order valence-corrected chi connectivity index (χ4v) is 3.11. The summed E-state index contributed by atoms with van der Waals surface area (Å²) >= 11 is 0. The summed E-state index contributed by atoms with van der Waals surface area (Å²) in [6, 6.07) is 14.8. The topological polar surface area (TPSA) is 109 Å². The Hall–Kier alpha value is -3.19. The number of carbonyl (C=O) groups is 2. The minimum absolute atomic E-state index is 0.490. The summed E-state index contributed by atoms with van der Waals surface area (Å²) in [5.41, 5.74) is 2.58. The van der Waals surface area contributed by atoms with Crippen LogP contribution in [0.25, 0.3) is 0 Å². The molecule has 0 unspecified atom stereocenters. The molecular weight excluding hydrogens is 372 g/mol. The van der Waals surface area contributed by atoms with Gasteiger partial charge in [0.1, 0.15) is 0 Å². The highest BCUT2D eigenvalue weighted by Gasteiger charge is 2.26. The lowest BCUT2D eigenvalue weighted by atomic mass is 9.81. The van der Waals surface area contributed by atoms with Crippen LogP contribution in [0.5, 0.6) is 5.88 Å². The minimum atomic E-state index is -1.26. The number of ether oxygens (including phenoxy) is 1. The molecule has 1 saturated heterocycles. The Labute approximate surface area is 170 Å². The van der Waals surface area contributed by atoms with Gasteiger partial charge in [-0.1, -0.05) is 36.4 Å². The standard InChI is InChI=1S/C18H22N2O.C4H4O4/c1-14-7-8-18(20-11-14)21-13-16-12-19-10-9-17(16)15-5-3-2-4-6-15;5-3(6)1-2-4(7)8/h2-8,11,16-17,19H,9-10,12-13H2,1H3;1-2H,(H,5,6)(H,7,8)/b;2-1+/t16-,17-;/m0./s1. The number of aliphatic carboxylic acids is 2. The second kappa shape index (κ2) is 11.6. The monoisotopic (exact) mass is 398 g/mol. The van der Waals surface area contributed by atoms with Crippen LogP contribution in [0.1, 0.15) is 23.5 Å². The SMILES string of the molecule is Cc1ccc(OC[C@@H]2CNCC[C@H]2c2ccccc2)nc1.O=C(O)/C=C/C(=O)O. The molecule has 2 aromatic rings. The highest BCUT2D eigenvalue weighted by molar-refractivity contribution is 5.89. The summed E-state index contributed by atoms with van der Waals surface area (Å²) in [6.45, 7) is 4.83. The lowest BCUT2D eigenvalue weighted by Gasteiger charge is -2.32. The average molecular weight is 398 g/mol. The van der Waals surface area contributed by atoms with E-state index in [0.29, 0.717) is 30.6 Å². The van der Waals surface area contributed by atoms with E-state index in [0.717, 1.165) is 24.5 Å². The van der Waals surface area contributed by atoms with E-state index in [1.165, 1.54) is 12.0 Å². The van der Waals surface area contributed by atoms with E-state index in [2.05, 4.69) is 40.6 Å². The van der Waals surface area contributed by atoms with Crippen molar-refractivity contribution in [2.75, 3.05) is 19.7 Å². The van der Waals surface area contributed by atoms with E-state index < -0.39 is 11.9 Å². The van der Waals surface area contributed by atoms with Crippen LogP contribution >= 0.6 is 0 Å². The second-order valence-electron chi connectivity index (χ2n) is 6.76. The number of aryl methyl sites for hydroxylation is 1. The maximum atomic E-state index is 9.55. The van der Waals surface area contributed by atoms with E-state index in [9.17, 15) is 9.59 Å². The fourth-order valence-electron chi connectivity index (χ4n) is 3.11. The van der Waals surface area contributed by atoms with Crippen LogP contribution in [0, 0.1) is 12.8 Å². The fraction of sp³-hybridized carbons (Fsp3) is 0.318. The predicted octanol–water partition coefficient (Wildman–Crippen LogP) is 2.87. The van der Waals surface area contributed by atoms with Crippen molar-refractivity contribution in [1.29, 1.82) is 0 Å². The maximum absolute atomic E-state index is 9.55. The molecule has 7 heteroatoms. The third kappa shape index (κ3) is 8.15. The van der Waals surface area contributed by atoms with Crippen molar-refractivity contribution in [2.24, 2.45) is 5.92 Å². The van der Waals surface area contributed by atoms with Gasteiger partial charge in [-0.15, -0.1) is 0 Å². The average Bonchev–Trinajstić information content (AvgIpc) is 2.73. The first-order valence-corrected chi connectivity index (χ1v) is 9.40. The molecule has 1 aromatic heterocycles. The van der Waals surface area contributed by atoms with Crippen molar-refractivity contribution in [3.05, 3.63) is 71.9 Å². The van der Waals surface area contributed by atoms with Gasteiger partial charge in [-0.3, -0.25) is 0 Å². The van der Waals surface area contributed by atoms with Crippen LogP contribution in [-0.2, 0) is 9.59 Å². The van der Waals surface area contributed by atoms with Gasteiger partial charge in [-0.05, 0) is 36.9 Å². The van der Waals surface area contributed by atoms with Gasteiger partial charge >= 0.3 is 11.9 Å². The third-order valence-corrected chi connectivity index (χ3v) is 4.53. The predicted molar refractivity (Wildman–Crippen MR) is 109 cm³/mol. The molecule has 3 N–H and O–H groups in total. The molecule has 0 spiro atoms. The van der Waals surface area contributed by atoms with Crippen molar-refractivity contribution in [2.45, 2.75) is 19.3 Å². The van der Waals surface area contributed by atoms with Gasteiger partial charge in [0.2, 0.25) is 5.88 Å². The largest absolute Gasteiger partial charge is 0.478 e. The molecule has 7 nitrogen and oxygen atoms in total. The van der Waals surface area contributed by atoms with Crippen molar-refractivity contribution >= 4 is 11.9 Å². The van der Waals surface area contributed by atoms with Gasteiger partial charge in [0.25, 0.3) is 0 Å². The zero-order chi connectivity index (χ0) is 21.1. The molecule has 1 aliphatic heterocycles. The summed E-state index contributed by atoms with van der Waals surface area (Å²) < 4.78 is 5.90. The molecule has 0 saturated carbocycles. The van der Waals surface area contributed by atoms with Crippen molar-refractivity contribution in [3.63, 3.8) is 0 Å². The molecule has 1 fully saturated rings. The first-order chi connectivity index (χ1) is 14.0. The molecule has 0 radical (unpaired) electrons. The zero-order valence-corrected chi connectivity index (χ0v) is 16.3. The van der Waals surface area contributed by atoms with E-state index >= 15 is 0 Å². The first kappa shape index (κ1) is 22.1. The number of nitrogens with zero attached hydrogens (tertiary/aromatic N) is 1. The summed E-state index contributed by atoms with van der Waals surface area (Å²) in [4.78, 5) is 23.4. The zero-order valence-electron chi connectivity index (χ0n) is 16.3. The number of hydrogen-bond acceptors (Lipinski definition) is 5. The van der Waals surface area contributed by atoms with Crippen LogP contribution in [0.4, 0.5) is 0 Å². The van der Waals surface area contributed by atoms with Gasteiger partial charge in [-0.25, -0.2) is 14.6 Å². The second-order valence-corrected chi connectivity index (χ2v) is 6.76. The van der Waals surface area contributed by atoms with Crippen molar-refractivity contribution < 1.29 is 24.5 Å². The molecule has 0 amide bonds. The van der Waals surface area contributed by atoms with E-state index in [1.54, 1.807) is 0 Å². The van der Waals surface area contributed by atoms with Gasteiger partial charge < -0.3 is 20.3 Å². The Morgan fingerprint density at radius 1 is 1.14 bits per heavy atom. The molecule has 0 aliphatic carbocycles. The summed E-state index contributed by atoms with van der Waals surface area (Å²) in [5, 5.41) is 19.1. The Balaban J connectivity index is 0.000000321. The highest BCUT2D eigenvalue weighted by atomic mass is 16.5. The Kier molecular flexibility index (Phi) is 8.85. The minimum Gasteiger partial charge on any atom is -0.478 e. The molecule has 1 aromatic carbocycles. The van der Waals surface area contributed by atoms with Gasteiger partial charge in [0.05, 0.1) is 6.61 Å². The molecular formula is C22H26N2O5. The molecule has 2 heterocycles. The summed E-state index contributed by atoms with van der Waals surface area (Å²) in [5.74, 6) is -0.736. The summed E-state index contributed by atoms with van der Waals surface area (Å²) in [7, 11) is 0. The molecule has 1 aliphatic rings. The Morgan fingerprint density at radius 3 is 2.41 bits per heavy atom. The normalized spacial score (nSPS) is 18.5. The number of nitrogens with one attached hydrogen (secondary N) is 1. The number of aromatic nitrogens is 1. The Morgan fingerprint density at radius 2 is 1.83 bits per heavy atom. The lowest BCUT2D eigenvalue weighted by Crippen LogP contribution is -2.38. The van der Waals surface area contributed by atoms with E-state index in [-0.39, 0.29) is 0 Å². The number of carboxylic acids is 2. The number of benzene rings is 1. The summed E-state index contributed by atoms with van der Waals surface area (Å²) in [6.07, 6.45) is 4.13. The van der Waals surface area contributed by atoms with E-state index in [4.69, 9.17) is 14.9 Å². The van der Waals surface area contributed by atoms with Crippen LogP contribution in [0.15, 0.2) is 60.8 Å². The van der Waals surface area contributed by atoms with Gasteiger partial charge in [0.15, 0.2) is 0 Å². The highest BCUT2D eigenvalue weighted by Crippen LogP contribution is 2.30. The maximum Gasteiger partial charge on any atom is 0.328 e. The smallest absolute Gasteiger partial charge is 0.328 e. The quantitative estimate of drug-likeness (QED) is 0.642. The molecule has 2 atom stereocenters. The Bertz CT molecular complexity index is 790.